The fourth-order valence-corrected chi connectivity index (χ4v) is 1.87. The Hall–Kier alpha value is -0.280. The summed E-state index contributed by atoms with van der Waals surface area (Å²) in [4.78, 5) is 0. The van der Waals surface area contributed by atoms with E-state index in [-0.39, 0.29) is 0 Å². The zero-order valence-corrected chi connectivity index (χ0v) is 11.7. The number of hydrogen-bond acceptors (Lipinski definition) is 2. The van der Waals surface area contributed by atoms with Gasteiger partial charge in [0.1, 0.15) is 0 Å². The van der Waals surface area contributed by atoms with Gasteiger partial charge in [0.2, 0.25) is 0 Å². The van der Waals surface area contributed by atoms with E-state index in [1.54, 1.807) is 6.07 Å². The minimum atomic E-state index is 0.674. The van der Waals surface area contributed by atoms with Gasteiger partial charge in [-0.15, -0.1) is 0 Å². The van der Waals surface area contributed by atoms with Crippen molar-refractivity contribution in [2.75, 3.05) is 26.3 Å². The van der Waals surface area contributed by atoms with Gasteiger partial charge in [-0.2, -0.15) is 0 Å². The van der Waals surface area contributed by atoms with Gasteiger partial charge in [-0.25, -0.2) is 0 Å². The van der Waals surface area contributed by atoms with Crippen molar-refractivity contribution in [3.8, 4) is 0 Å². The van der Waals surface area contributed by atoms with Crippen LogP contribution in [-0.4, -0.2) is 26.3 Å². The third-order valence-electron chi connectivity index (χ3n) is 2.37. The number of hydrogen-bond donors (Lipinski definition) is 1. The second kappa shape index (κ2) is 8.76. The minimum absolute atomic E-state index is 0.674. The number of benzene rings is 1. The van der Waals surface area contributed by atoms with Crippen molar-refractivity contribution in [3.63, 3.8) is 0 Å². The molecule has 0 heterocycles. The van der Waals surface area contributed by atoms with Gasteiger partial charge in [0.15, 0.2) is 0 Å². The van der Waals surface area contributed by atoms with Crippen molar-refractivity contribution in [2.24, 2.45) is 0 Å². The van der Waals surface area contributed by atoms with Crippen LogP contribution in [-0.2, 0) is 11.2 Å². The number of rotatable bonds is 8. The molecule has 0 saturated carbocycles. The molecule has 0 fully saturated rings. The Morgan fingerprint density at radius 1 is 1.18 bits per heavy atom. The zero-order valence-electron chi connectivity index (χ0n) is 10.1. The first-order chi connectivity index (χ1) is 8.24. The lowest BCUT2D eigenvalue weighted by molar-refractivity contribution is 0.139. The maximum absolute atomic E-state index is 6.05. The summed E-state index contributed by atoms with van der Waals surface area (Å²) >= 11 is 12.0. The van der Waals surface area contributed by atoms with E-state index in [2.05, 4.69) is 12.2 Å². The summed E-state index contributed by atoms with van der Waals surface area (Å²) in [6.07, 6.45) is 1.95. The van der Waals surface area contributed by atoms with E-state index in [1.165, 1.54) is 0 Å². The molecule has 4 heteroatoms. The molecule has 17 heavy (non-hydrogen) atoms. The van der Waals surface area contributed by atoms with Crippen LogP contribution in [0.15, 0.2) is 18.2 Å². The van der Waals surface area contributed by atoms with Crippen LogP contribution in [0.25, 0.3) is 0 Å². The van der Waals surface area contributed by atoms with Gasteiger partial charge in [-0.3, -0.25) is 0 Å². The Balaban J connectivity index is 2.15. The summed E-state index contributed by atoms with van der Waals surface area (Å²) in [5, 5.41) is 4.75. The molecule has 0 spiro atoms. The molecule has 0 atom stereocenters. The molecule has 0 radical (unpaired) electrons. The van der Waals surface area contributed by atoms with Crippen molar-refractivity contribution in [3.05, 3.63) is 33.8 Å². The monoisotopic (exact) mass is 275 g/mol. The largest absolute Gasteiger partial charge is 0.380 e. The van der Waals surface area contributed by atoms with Crippen LogP contribution >= 0.6 is 23.2 Å². The Morgan fingerprint density at radius 2 is 2.00 bits per heavy atom. The summed E-state index contributed by atoms with van der Waals surface area (Å²) in [6.45, 7) is 5.50. The first kappa shape index (κ1) is 14.8. The van der Waals surface area contributed by atoms with Crippen LogP contribution in [0.3, 0.4) is 0 Å². The van der Waals surface area contributed by atoms with Crippen LogP contribution in [0.2, 0.25) is 10.0 Å². The summed E-state index contributed by atoms with van der Waals surface area (Å²) in [7, 11) is 0. The maximum atomic E-state index is 6.05. The van der Waals surface area contributed by atoms with Gasteiger partial charge in [-0.05, 0) is 43.1 Å². The Morgan fingerprint density at radius 3 is 2.76 bits per heavy atom. The van der Waals surface area contributed by atoms with E-state index in [0.717, 1.165) is 43.1 Å². The smallest absolute Gasteiger partial charge is 0.0591 e. The van der Waals surface area contributed by atoms with E-state index < -0.39 is 0 Å². The summed E-state index contributed by atoms with van der Waals surface area (Å²) in [6, 6.07) is 5.51. The Labute approximate surface area is 113 Å². The molecule has 0 saturated heterocycles. The third-order valence-corrected chi connectivity index (χ3v) is 2.98. The second-order valence-corrected chi connectivity index (χ2v) is 4.69. The highest BCUT2D eigenvalue weighted by Crippen LogP contribution is 2.20. The molecule has 2 nitrogen and oxygen atoms in total. The zero-order chi connectivity index (χ0) is 12.5. The predicted octanol–water partition coefficient (Wildman–Crippen LogP) is 3.55. The lowest BCUT2D eigenvalue weighted by Crippen LogP contribution is -2.20. The highest BCUT2D eigenvalue weighted by molar-refractivity contribution is 6.33. The van der Waals surface area contributed by atoms with Crippen LogP contribution in [0, 0.1) is 0 Å². The molecule has 0 aliphatic heterocycles. The Kier molecular flexibility index (Phi) is 7.62. The molecule has 0 amide bonds. The van der Waals surface area contributed by atoms with Crippen LogP contribution in [0.4, 0.5) is 0 Å². The van der Waals surface area contributed by atoms with E-state index >= 15 is 0 Å². The van der Waals surface area contributed by atoms with Gasteiger partial charge in [0, 0.05) is 16.6 Å². The highest BCUT2D eigenvalue weighted by atomic mass is 35.5. The molecule has 0 aromatic heterocycles. The Bertz CT molecular complexity index is 331. The SMILES string of the molecule is CCCNCCOCCc1cc(Cl)ccc1Cl. The molecule has 96 valence electrons. The van der Waals surface area contributed by atoms with Crippen LogP contribution < -0.4 is 5.32 Å². The van der Waals surface area contributed by atoms with Crippen molar-refractivity contribution in [1.82, 2.24) is 5.32 Å². The quantitative estimate of drug-likeness (QED) is 0.733. The third kappa shape index (κ3) is 6.27. The average molecular weight is 276 g/mol. The van der Waals surface area contributed by atoms with E-state index in [0.29, 0.717) is 11.6 Å². The molecule has 0 aliphatic rings. The van der Waals surface area contributed by atoms with Crippen LogP contribution in [0.5, 0.6) is 0 Å². The summed E-state index contributed by atoms with van der Waals surface area (Å²) < 4.78 is 5.51. The van der Waals surface area contributed by atoms with Gasteiger partial charge < -0.3 is 10.1 Å². The molecule has 0 unspecified atom stereocenters. The number of halogens is 2. The summed E-state index contributed by atoms with van der Waals surface area (Å²) in [5.74, 6) is 0. The predicted molar refractivity (Wildman–Crippen MR) is 74.1 cm³/mol. The lowest BCUT2D eigenvalue weighted by atomic mass is 10.2. The number of ether oxygens (including phenoxy) is 1. The van der Waals surface area contributed by atoms with Gasteiger partial charge in [0.25, 0.3) is 0 Å². The van der Waals surface area contributed by atoms with Crippen molar-refractivity contribution >= 4 is 23.2 Å². The molecule has 1 N–H and O–H groups in total. The average Bonchev–Trinajstić information content (AvgIpc) is 2.32. The fourth-order valence-electron chi connectivity index (χ4n) is 1.47. The molecular formula is C13H19Cl2NO. The molecular weight excluding hydrogens is 257 g/mol. The lowest BCUT2D eigenvalue weighted by Gasteiger charge is -2.07. The summed E-state index contributed by atoms with van der Waals surface area (Å²) in [5.41, 5.74) is 1.04. The maximum Gasteiger partial charge on any atom is 0.0591 e. The topological polar surface area (TPSA) is 21.3 Å². The molecule has 1 rings (SSSR count). The first-order valence-corrected chi connectivity index (χ1v) is 6.72. The van der Waals surface area contributed by atoms with Gasteiger partial charge in [-0.1, -0.05) is 30.1 Å². The van der Waals surface area contributed by atoms with E-state index in [1.807, 2.05) is 12.1 Å². The normalized spacial score (nSPS) is 10.8. The van der Waals surface area contributed by atoms with Crippen molar-refractivity contribution in [1.29, 1.82) is 0 Å². The second-order valence-electron chi connectivity index (χ2n) is 3.85. The van der Waals surface area contributed by atoms with Gasteiger partial charge in [0.05, 0.1) is 13.2 Å². The van der Waals surface area contributed by atoms with Crippen molar-refractivity contribution in [2.45, 2.75) is 19.8 Å². The van der Waals surface area contributed by atoms with Crippen LogP contribution in [0.1, 0.15) is 18.9 Å². The minimum Gasteiger partial charge on any atom is -0.380 e. The molecule has 0 bridgehead atoms. The standard InChI is InChI=1S/C13H19Cl2NO/c1-2-6-16-7-9-17-8-5-11-10-12(14)3-4-13(11)15/h3-4,10,16H,2,5-9H2,1H3. The molecule has 0 aliphatic carbocycles. The van der Waals surface area contributed by atoms with E-state index in [4.69, 9.17) is 27.9 Å². The molecule has 1 aromatic rings. The van der Waals surface area contributed by atoms with Crippen molar-refractivity contribution < 1.29 is 4.74 Å². The van der Waals surface area contributed by atoms with E-state index in [9.17, 15) is 0 Å². The molecule has 1 aromatic carbocycles. The first-order valence-electron chi connectivity index (χ1n) is 5.96. The fraction of sp³-hybridized carbons (Fsp3) is 0.538. The van der Waals surface area contributed by atoms with Gasteiger partial charge >= 0.3 is 0 Å². The highest BCUT2D eigenvalue weighted by Gasteiger charge is 2.01. The number of nitrogens with one attached hydrogen (secondary N) is 1.